The van der Waals surface area contributed by atoms with Gasteiger partial charge in [-0.2, -0.15) is 0 Å². The number of aryl methyl sites for hydroxylation is 1. The van der Waals surface area contributed by atoms with Gasteiger partial charge in [-0.05, 0) is 44.1 Å². The fourth-order valence-electron chi connectivity index (χ4n) is 2.85. The highest BCUT2D eigenvalue weighted by molar-refractivity contribution is 5.79. The Morgan fingerprint density at radius 1 is 1.23 bits per heavy atom. The first kappa shape index (κ1) is 20.1. The number of hydrogen-bond acceptors (Lipinski definition) is 3. The molecular weight excluding hydrogens is 328 g/mol. The Balaban J connectivity index is 1.78. The molecule has 2 rings (SSSR count). The second kappa shape index (κ2) is 10.0. The molecule has 2 atom stereocenters. The molecule has 3 N–H and O–H groups in total. The highest BCUT2D eigenvalue weighted by Gasteiger charge is 2.32. The Kier molecular flexibility index (Phi) is 7.75. The standard InChI is InChI=1S/C20H32N4O2/c1-5-26-20(25)24-18(17-10-11-17)13-23-19(21-4)22-12-15(3)16-8-6-14(2)7-9-16/h6-9,15,17-18H,5,10-13H2,1-4H3,(H,24,25)(H2,21,22,23). The molecule has 1 aromatic rings. The van der Waals surface area contributed by atoms with Crippen molar-refractivity contribution in [2.45, 2.75) is 45.6 Å². The largest absolute Gasteiger partial charge is 0.450 e. The number of ether oxygens (including phenoxy) is 1. The van der Waals surface area contributed by atoms with Crippen LogP contribution in [0.5, 0.6) is 0 Å². The number of carbonyl (C=O) groups is 1. The van der Waals surface area contributed by atoms with E-state index < -0.39 is 0 Å². The molecule has 1 saturated carbocycles. The number of aliphatic imine (C=N–C) groups is 1. The average molecular weight is 361 g/mol. The SMILES string of the molecule is CCOC(=O)NC(CNC(=NC)NCC(C)c1ccc(C)cc1)C1CC1. The quantitative estimate of drug-likeness (QED) is 0.492. The number of amides is 1. The Bertz CT molecular complexity index is 596. The normalized spacial score (nSPS) is 16.5. The van der Waals surface area contributed by atoms with E-state index in [2.05, 4.69) is 59.1 Å². The summed E-state index contributed by atoms with van der Waals surface area (Å²) in [5.41, 5.74) is 2.57. The topological polar surface area (TPSA) is 74.8 Å². The summed E-state index contributed by atoms with van der Waals surface area (Å²) in [4.78, 5) is 16.0. The number of hydrogen-bond donors (Lipinski definition) is 3. The molecular formula is C20H32N4O2. The third kappa shape index (κ3) is 6.58. The molecule has 1 aliphatic carbocycles. The first-order chi connectivity index (χ1) is 12.5. The number of carbonyl (C=O) groups excluding carboxylic acids is 1. The molecule has 0 heterocycles. The lowest BCUT2D eigenvalue weighted by Crippen LogP contribution is -2.48. The molecule has 1 aliphatic rings. The van der Waals surface area contributed by atoms with Gasteiger partial charge in [-0.15, -0.1) is 0 Å². The average Bonchev–Trinajstić information content (AvgIpc) is 3.46. The summed E-state index contributed by atoms with van der Waals surface area (Å²) in [5, 5.41) is 9.64. The van der Waals surface area contributed by atoms with Crippen LogP contribution in [0.15, 0.2) is 29.3 Å². The van der Waals surface area contributed by atoms with Crippen molar-refractivity contribution < 1.29 is 9.53 Å². The minimum atomic E-state index is -0.345. The van der Waals surface area contributed by atoms with Crippen LogP contribution in [0.4, 0.5) is 4.79 Å². The van der Waals surface area contributed by atoms with Crippen LogP contribution in [-0.4, -0.2) is 44.8 Å². The fraction of sp³-hybridized carbons (Fsp3) is 0.600. The minimum Gasteiger partial charge on any atom is -0.450 e. The van der Waals surface area contributed by atoms with E-state index in [0.29, 0.717) is 25.0 Å². The van der Waals surface area contributed by atoms with Crippen LogP contribution in [0.2, 0.25) is 0 Å². The molecule has 0 spiro atoms. The minimum absolute atomic E-state index is 0.0714. The van der Waals surface area contributed by atoms with Crippen LogP contribution in [0.1, 0.15) is 43.7 Å². The van der Waals surface area contributed by atoms with Gasteiger partial charge in [0.15, 0.2) is 5.96 Å². The van der Waals surface area contributed by atoms with Gasteiger partial charge in [-0.25, -0.2) is 4.79 Å². The summed E-state index contributed by atoms with van der Waals surface area (Å²) >= 11 is 0. The van der Waals surface area contributed by atoms with E-state index in [1.54, 1.807) is 7.05 Å². The van der Waals surface area contributed by atoms with Crippen molar-refractivity contribution in [2.75, 3.05) is 26.7 Å². The molecule has 2 unspecified atom stereocenters. The zero-order valence-electron chi connectivity index (χ0n) is 16.3. The summed E-state index contributed by atoms with van der Waals surface area (Å²) in [5.74, 6) is 1.66. The van der Waals surface area contributed by atoms with Crippen LogP contribution in [0.3, 0.4) is 0 Å². The van der Waals surface area contributed by atoms with Crippen LogP contribution in [-0.2, 0) is 4.74 Å². The monoisotopic (exact) mass is 360 g/mol. The van der Waals surface area contributed by atoms with E-state index in [1.165, 1.54) is 11.1 Å². The highest BCUT2D eigenvalue weighted by Crippen LogP contribution is 2.32. The maximum absolute atomic E-state index is 11.7. The van der Waals surface area contributed by atoms with Gasteiger partial charge in [0, 0.05) is 20.1 Å². The van der Waals surface area contributed by atoms with Crippen molar-refractivity contribution in [1.29, 1.82) is 0 Å². The molecule has 6 heteroatoms. The van der Waals surface area contributed by atoms with E-state index >= 15 is 0 Å². The zero-order valence-corrected chi connectivity index (χ0v) is 16.3. The smallest absolute Gasteiger partial charge is 0.407 e. The molecule has 0 aromatic heterocycles. The van der Waals surface area contributed by atoms with Crippen LogP contribution in [0.25, 0.3) is 0 Å². The summed E-state index contributed by atoms with van der Waals surface area (Å²) in [7, 11) is 1.76. The van der Waals surface area contributed by atoms with Crippen molar-refractivity contribution in [3.05, 3.63) is 35.4 Å². The molecule has 1 aromatic carbocycles. The van der Waals surface area contributed by atoms with Gasteiger partial charge in [0.25, 0.3) is 0 Å². The summed E-state index contributed by atoms with van der Waals surface area (Å²) in [6.07, 6.45) is 1.95. The van der Waals surface area contributed by atoms with Crippen LogP contribution < -0.4 is 16.0 Å². The Labute approximate surface area is 156 Å². The lowest BCUT2D eigenvalue weighted by atomic mass is 10.0. The number of nitrogens with one attached hydrogen (secondary N) is 3. The maximum atomic E-state index is 11.7. The summed E-state index contributed by atoms with van der Waals surface area (Å²) in [6, 6.07) is 8.69. The van der Waals surface area contributed by atoms with Crippen molar-refractivity contribution >= 4 is 12.1 Å². The van der Waals surface area contributed by atoms with Gasteiger partial charge in [-0.3, -0.25) is 4.99 Å². The molecule has 0 aliphatic heterocycles. The fourth-order valence-corrected chi connectivity index (χ4v) is 2.85. The van der Waals surface area contributed by atoms with E-state index in [9.17, 15) is 4.79 Å². The first-order valence-corrected chi connectivity index (χ1v) is 9.47. The zero-order chi connectivity index (χ0) is 18.9. The van der Waals surface area contributed by atoms with E-state index in [0.717, 1.165) is 25.3 Å². The molecule has 0 saturated heterocycles. The van der Waals surface area contributed by atoms with E-state index in [-0.39, 0.29) is 12.1 Å². The Morgan fingerprint density at radius 3 is 2.46 bits per heavy atom. The molecule has 144 valence electrons. The first-order valence-electron chi connectivity index (χ1n) is 9.47. The van der Waals surface area contributed by atoms with E-state index in [1.807, 2.05) is 6.92 Å². The molecule has 1 fully saturated rings. The lowest BCUT2D eigenvalue weighted by Gasteiger charge is -2.21. The van der Waals surface area contributed by atoms with Gasteiger partial charge < -0.3 is 20.7 Å². The number of alkyl carbamates (subject to hydrolysis) is 1. The number of guanidine groups is 1. The molecule has 0 radical (unpaired) electrons. The Hall–Kier alpha value is -2.24. The van der Waals surface area contributed by atoms with Gasteiger partial charge in [0.1, 0.15) is 0 Å². The van der Waals surface area contributed by atoms with Crippen LogP contribution >= 0.6 is 0 Å². The van der Waals surface area contributed by atoms with Crippen molar-refractivity contribution in [3.8, 4) is 0 Å². The highest BCUT2D eigenvalue weighted by atomic mass is 16.5. The van der Waals surface area contributed by atoms with Crippen molar-refractivity contribution in [1.82, 2.24) is 16.0 Å². The van der Waals surface area contributed by atoms with Crippen molar-refractivity contribution in [3.63, 3.8) is 0 Å². The number of nitrogens with zero attached hydrogens (tertiary/aromatic N) is 1. The summed E-state index contributed by atoms with van der Waals surface area (Å²) in [6.45, 7) is 7.92. The van der Waals surface area contributed by atoms with E-state index in [4.69, 9.17) is 4.74 Å². The molecule has 0 bridgehead atoms. The second-order valence-electron chi connectivity index (χ2n) is 6.95. The number of rotatable bonds is 8. The van der Waals surface area contributed by atoms with Crippen molar-refractivity contribution in [2.24, 2.45) is 10.9 Å². The Morgan fingerprint density at radius 2 is 1.88 bits per heavy atom. The third-order valence-electron chi connectivity index (χ3n) is 4.70. The lowest BCUT2D eigenvalue weighted by molar-refractivity contribution is 0.146. The predicted molar refractivity (Wildman–Crippen MR) is 106 cm³/mol. The number of benzene rings is 1. The molecule has 26 heavy (non-hydrogen) atoms. The van der Waals surface area contributed by atoms with Gasteiger partial charge in [0.2, 0.25) is 0 Å². The second-order valence-corrected chi connectivity index (χ2v) is 6.95. The van der Waals surface area contributed by atoms with Gasteiger partial charge >= 0.3 is 6.09 Å². The van der Waals surface area contributed by atoms with Gasteiger partial charge in [-0.1, -0.05) is 36.8 Å². The van der Waals surface area contributed by atoms with Gasteiger partial charge in [0.05, 0.1) is 12.6 Å². The van der Waals surface area contributed by atoms with Crippen LogP contribution in [0, 0.1) is 12.8 Å². The maximum Gasteiger partial charge on any atom is 0.407 e. The third-order valence-corrected chi connectivity index (χ3v) is 4.70. The molecule has 1 amide bonds. The predicted octanol–water partition coefficient (Wildman–Crippen LogP) is 2.79. The molecule has 6 nitrogen and oxygen atoms in total. The summed E-state index contributed by atoms with van der Waals surface area (Å²) < 4.78 is 5.00.